The maximum atomic E-state index is 5.99. The largest absolute Gasteiger partial charge is 0.271 e. The fraction of sp³-hybridized carbons (Fsp3) is 0.455. The van der Waals surface area contributed by atoms with Gasteiger partial charge in [0.15, 0.2) is 0 Å². The predicted octanol–water partition coefficient (Wildman–Crippen LogP) is 3.41. The lowest BCUT2D eigenvalue weighted by molar-refractivity contribution is 0.231. The molecule has 0 aromatic heterocycles. The highest BCUT2D eigenvalue weighted by Crippen LogP contribution is 2.40. The van der Waals surface area contributed by atoms with Crippen molar-refractivity contribution in [3.05, 3.63) is 33.3 Å². The van der Waals surface area contributed by atoms with Gasteiger partial charge in [-0.3, -0.25) is 11.3 Å². The van der Waals surface area contributed by atoms with Gasteiger partial charge in [0.2, 0.25) is 0 Å². The van der Waals surface area contributed by atoms with Crippen molar-refractivity contribution in [2.75, 3.05) is 0 Å². The summed E-state index contributed by atoms with van der Waals surface area (Å²) in [6.45, 7) is 0. The van der Waals surface area contributed by atoms with Crippen LogP contribution in [0.5, 0.6) is 0 Å². The molecule has 0 bridgehead atoms. The number of hydrogen-bond acceptors (Lipinski definition) is 2. The van der Waals surface area contributed by atoms with Crippen molar-refractivity contribution in [2.45, 2.75) is 25.3 Å². The second kappa shape index (κ2) is 4.83. The number of halogens is 2. The molecule has 0 aliphatic heterocycles. The number of nitrogens with two attached hydrogens (primary N) is 1. The molecule has 2 nitrogen and oxygen atoms in total. The van der Waals surface area contributed by atoms with Gasteiger partial charge in [-0.1, -0.05) is 34.0 Å². The van der Waals surface area contributed by atoms with Crippen LogP contribution in [-0.4, -0.2) is 0 Å². The van der Waals surface area contributed by atoms with Crippen LogP contribution < -0.4 is 11.3 Å². The van der Waals surface area contributed by atoms with Crippen molar-refractivity contribution in [3.63, 3.8) is 0 Å². The summed E-state index contributed by atoms with van der Waals surface area (Å²) in [4.78, 5) is 0. The number of hydrogen-bond donors (Lipinski definition) is 2. The molecule has 15 heavy (non-hydrogen) atoms. The van der Waals surface area contributed by atoms with Crippen molar-refractivity contribution in [1.82, 2.24) is 5.43 Å². The minimum Gasteiger partial charge on any atom is -0.271 e. The summed E-state index contributed by atoms with van der Waals surface area (Å²) in [5.41, 5.74) is 4.06. The second-order valence-electron chi connectivity index (χ2n) is 4.00. The van der Waals surface area contributed by atoms with E-state index in [0.29, 0.717) is 5.92 Å². The number of rotatable bonds is 3. The van der Waals surface area contributed by atoms with Crippen LogP contribution in [0.15, 0.2) is 22.7 Å². The van der Waals surface area contributed by atoms with Crippen molar-refractivity contribution < 1.29 is 0 Å². The van der Waals surface area contributed by atoms with Crippen LogP contribution in [0.4, 0.5) is 0 Å². The van der Waals surface area contributed by atoms with E-state index in [2.05, 4.69) is 21.4 Å². The molecule has 4 heteroatoms. The molecule has 1 atom stereocenters. The quantitative estimate of drug-likeness (QED) is 0.661. The first-order chi connectivity index (χ1) is 7.22. The van der Waals surface area contributed by atoms with E-state index in [4.69, 9.17) is 17.4 Å². The van der Waals surface area contributed by atoms with Gasteiger partial charge in [0.1, 0.15) is 0 Å². The zero-order chi connectivity index (χ0) is 10.8. The number of hydrazine groups is 1. The Hall–Kier alpha value is -0.0900. The van der Waals surface area contributed by atoms with E-state index >= 15 is 0 Å². The van der Waals surface area contributed by atoms with Gasteiger partial charge in [-0.25, -0.2) is 0 Å². The first-order valence-corrected chi connectivity index (χ1v) is 6.30. The van der Waals surface area contributed by atoms with Crippen LogP contribution in [0.2, 0.25) is 5.02 Å². The number of nitrogens with one attached hydrogen (secondary N) is 1. The third-order valence-corrected chi connectivity index (χ3v) is 4.05. The van der Waals surface area contributed by atoms with Gasteiger partial charge >= 0.3 is 0 Å². The van der Waals surface area contributed by atoms with E-state index in [-0.39, 0.29) is 6.04 Å². The first kappa shape index (κ1) is 11.4. The Bertz CT molecular complexity index is 352. The summed E-state index contributed by atoms with van der Waals surface area (Å²) in [7, 11) is 0. The molecule has 0 heterocycles. The van der Waals surface area contributed by atoms with Gasteiger partial charge < -0.3 is 0 Å². The van der Waals surface area contributed by atoms with Gasteiger partial charge in [0.25, 0.3) is 0 Å². The van der Waals surface area contributed by atoms with Gasteiger partial charge in [-0.2, -0.15) is 0 Å². The summed E-state index contributed by atoms with van der Waals surface area (Å²) >= 11 is 9.53. The summed E-state index contributed by atoms with van der Waals surface area (Å²) in [5.74, 6) is 6.26. The maximum absolute atomic E-state index is 5.99. The fourth-order valence-electron chi connectivity index (χ4n) is 2.01. The minimum atomic E-state index is 0.215. The van der Waals surface area contributed by atoms with Crippen molar-refractivity contribution >= 4 is 27.5 Å². The highest BCUT2D eigenvalue weighted by Gasteiger charge is 2.28. The van der Waals surface area contributed by atoms with Crippen LogP contribution in [-0.2, 0) is 0 Å². The molecule has 3 N–H and O–H groups in total. The van der Waals surface area contributed by atoms with Crippen molar-refractivity contribution in [3.8, 4) is 0 Å². The average molecular weight is 290 g/mol. The van der Waals surface area contributed by atoms with Crippen LogP contribution >= 0.6 is 27.5 Å². The van der Waals surface area contributed by atoms with E-state index in [1.54, 1.807) is 0 Å². The van der Waals surface area contributed by atoms with Crippen LogP contribution in [0.1, 0.15) is 30.9 Å². The zero-order valence-corrected chi connectivity index (χ0v) is 10.7. The molecular weight excluding hydrogens is 275 g/mol. The SMILES string of the molecule is NNC(c1cc(Cl)ccc1Br)C1CCC1. The molecule has 0 amide bonds. The molecular formula is C11H14BrClN2. The molecule has 1 unspecified atom stereocenters. The smallest absolute Gasteiger partial charge is 0.0499 e. The summed E-state index contributed by atoms with van der Waals surface area (Å²) < 4.78 is 1.07. The molecule has 1 fully saturated rings. The average Bonchev–Trinajstić information content (AvgIpc) is 2.15. The Kier molecular flexibility index (Phi) is 3.67. The standard InChI is InChI=1S/C11H14BrClN2/c12-10-5-4-8(13)6-9(10)11(15-14)7-2-1-3-7/h4-7,11,15H,1-3,14H2. The lowest BCUT2D eigenvalue weighted by Gasteiger charge is -2.34. The van der Waals surface area contributed by atoms with Gasteiger partial charge in [-0.15, -0.1) is 0 Å². The molecule has 0 radical (unpaired) electrons. The molecule has 0 spiro atoms. The molecule has 1 aliphatic carbocycles. The van der Waals surface area contributed by atoms with Crippen molar-refractivity contribution in [2.24, 2.45) is 11.8 Å². The highest BCUT2D eigenvalue weighted by atomic mass is 79.9. The highest BCUT2D eigenvalue weighted by molar-refractivity contribution is 9.10. The van der Waals surface area contributed by atoms with Gasteiger partial charge in [0.05, 0.1) is 0 Å². The van der Waals surface area contributed by atoms with Gasteiger partial charge in [-0.05, 0) is 42.5 Å². The Morgan fingerprint density at radius 3 is 2.73 bits per heavy atom. The third-order valence-electron chi connectivity index (χ3n) is 3.09. The maximum Gasteiger partial charge on any atom is 0.0499 e. The van der Waals surface area contributed by atoms with Crippen LogP contribution in [0.25, 0.3) is 0 Å². The number of benzene rings is 1. The summed E-state index contributed by atoms with van der Waals surface area (Å²) in [6, 6.07) is 6.05. The molecule has 1 aromatic rings. The van der Waals surface area contributed by atoms with E-state index in [9.17, 15) is 0 Å². The van der Waals surface area contributed by atoms with E-state index in [1.807, 2.05) is 18.2 Å². The van der Waals surface area contributed by atoms with Crippen LogP contribution in [0, 0.1) is 5.92 Å². The van der Waals surface area contributed by atoms with E-state index < -0.39 is 0 Å². The third kappa shape index (κ3) is 2.36. The molecule has 1 aliphatic rings. The van der Waals surface area contributed by atoms with E-state index in [1.165, 1.54) is 19.3 Å². The fourth-order valence-corrected chi connectivity index (χ4v) is 2.68. The van der Waals surface area contributed by atoms with Crippen LogP contribution in [0.3, 0.4) is 0 Å². The summed E-state index contributed by atoms with van der Waals surface area (Å²) in [5, 5.41) is 0.757. The zero-order valence-electron chi connectivity index (χ0n) is 8.34. The van der Waals surface area contributed by atoms with E-state index in [0.717, 1.165) is 15.1 Å². The van der Waals surface area contributed by atoms with Gasteiger partial charge in [0, 0.05) is 15.5 Å². The Morgan fingerprint density at radius 2 is 2.20 bits per heavy atom. The molecule has 82 valence electrons. The molecule has 1 saturated carbocycles. The summed E-state index contributed by atoms with van der Waals surface area (Å²) in [6.07, 6.45) is 3.79. The lowest BCUT2D eigenvalue weighted by atomic mass is 9.77. The minimum absolute atomic E-state index is 0.215. The first-order valence-electron chi connectivity index (χ1n) is 5.13. The molecule has 0 saturated heterocycles. The normalized spacial score (nSPS) is 18.6. The van der Waals surface area contributed by atoms with Crippen molar-refractivity contribution in [1.29, 1.82) is 0 Å². The lowest BCUT2D eigenvalue weighted by Crippen LogP contribution is -2.36. The topological polar surface area (TPSA) is 38.0 Å². The molecule has 1 aromatic carbocycles. The Balaban J connectivity index is 2.28. The Morgan fingerprint density at radius 1 is 1.47 bits per heavy atom. The monoisotopic (exact) mass is 288 g/mol. The molecule has 2 rings (SSSR count). The predicted molar refractivity (Wildman–Crippen MR) is 66.6 cm³/mol. The Labute approximate surface area is 103 Å². The second-order valence-corrected chi connectivity index (χ2v) is 5.29.